The molecule has 0 amide bonds. The Morgan fingerprint density at radius 3 is 2.62 bits per heavy atom. The van der Waals surface area contributed by atoms with Gasteiger partial charge in [-0.25, -0.2) is 0 Å². The van der Waals surface area contributed by atoms with Crippen LogP contribution in [-0.2, 0) is 15.9 Å². The van der Waals surface area contributed by atoms with Crippen molar-refractivity contribution in [1.29, 1.82) is 0 Å². The van der Waals surface area contributed by atoms with Crippen molar-refractivity contribution in [2.45, 2.75) is 44.2 Å². The van der Waals surface area contributed by atoms with Gasteiger partial charge in [0.25, 0.3) is 0 Å². The number of hydrogen-bond acceptors (Lipinski definition) is 3. The van der Waals surface area contributed by atoms with Crippen LogP contribution in [0.4, 0.5) is 0 Å². The van der Waals surface area contributed by atoms with Gasteiger partial charge in [-0.3, -0.25) is 4.90 Å². The van der Waals surface area contributed by atoms with E-state index in [4.69, 9.17) is 9.47 Å². The maximum Gasteiger partial charge on any atom is 0.0730 e. The molecule has 1 aliphatic heterocycles. The van der Waals surface area contributed by atoms with Crippen molar-refractivity contribution in [2.75, 3.05) is 32.9 Å². The lowest BCUT2D eigenvalue weighted by Crippen LogP contribution is -2.51. The molecule has 2 unspecified atom stereocenters. The summed E-state index contributed by atoms with van der Waals surface area (Å²) in [4.78, 5) is 2.60. The molecule has 26 heavy (non-hydrogen) atoms. The van der Waals surface area contributed by atoms with E-state index in [9.17, 15) is 0 Å². The zero-order valence-electron chi connectivity index (χ0n) is 15.4. The highest BCUT2D eigenvalue weighted by atomic mass is 35.5. The maximum atomic E-state index is 6.42. The van der Waals surface area contributed by atoms with Crippen LogP contribution in [0, 0.1) is 0 Å². The van der Waals surface area contributed by atoms with Crippen LogP contribution in [0.25, 0.3) is 10.8 Å². The first-order chi connectivity index (χ1) is 12.4. The highest BCUT2D eigenvalue weighted by molar-refractivity contribution is 5.86. The highest BCUT2D eigenvalue weighted by Gasteiger charge is 2.31. The number of rotatable bonds is 5. The molecule has 2 atom stereocenters. The van der Waals surface area contributed by atoms with Crippen molar-refractivity contribution in [3.05, 3.63) is 48.0 Å². The van der Waals surface area contributed by atoms with E-state index in [2.05, 4.69) is 47.4 Å². The zero-order chi connectivity index (χ0) is 16.9. The molecule has 1 saturated heterocycles. The molecule has 1 heterocycles. The quantitative estimate of drug-likeness (QED) is 0.769. The average Bonchev–Trinajstić information content (AvgIpc) is 2.69. The summed E-state index contributed by atoms with van der Waals surface area (Å²) < 4.78 is 11.9. The number of hydrogen-bond donors (Lipinski definition) is 0. The average molecular weight is 376 g/mol. The smallest absolute Gasteiger partial charge is 0.0730 e. The second-order valence-electron chi connectivity index (χ2n) is 7.30. The molecular formula is C22H30ClNO2. The Balaban J connectivity index is 0.00000196. The van der Waals surface area contributed by atoms with Crippen LogP contribution in [0.1, 0.15) is 31.2 Å². The molecule has 0 spiro atoms. The molecule has 2 aliphatic rings. The summed E-state index contributed by atoms with van der Waals surface area (Å²) in [5, 5.41) is 2.69. The number of morpholine rings is 1. The van der Waals surface area contributed by atoms with E-state index in [1.54, 1.807) is 0 Å². The number of benzene rings is 2. The molecule has 2 fully saturated rings. The van der Waals surface area contributed by atoms with Crippen LogP contribution >= 0.6 is 12.4 Å². The molecule has 1 aliphatic carbocycles. The highest BCUT2D eigenvalue weighted by Crippen LogP contribution is 2.27. The van der Waals surface area contributed by atoms with Crippen LogP contribution in [0.3, 0.4) is 0 Å². The Morgan fingerprint density at radius 2 is 1.73 bits per heavy atom. The van der Waals surface area contributed by atoms with E-state index in [1.165, 1.54) is 42.0 Å². The minimum Gasteiger partial charge on any atom is -0.379 e. The van der Waals surface area contributed by atoms with Gasteiger partial charge < -0.3 is 9.47 Å². The SMILES string of the molecule is Cl.c1ccc2c(CCOC3CCCCC3N3CCOCC3)cccc2c1. The van der Waals surface area contributed by atoms with Crippen LogP contribution in [0.15, 0.2) is 42.5 Å². The molecule has 0 bridgehead atoms. The van der Waals surface area contributed by atoms with Gasteiger partial charge in [-0.2, -0.15) is 0 Å². The van der Waals surface area contributed by atoms with Gasteiger partial charge in [0, 0.05) is 19.1 Å². The van der Waals surface area contributed by atoms with Crippen molar-refractivity contribution >= 4 is 23.2 Å². The first-order valence-electron chi connectivity index (χ1n) is 9.82. The Bertz CT molecular complexity index is 681. The first kappa shape index (κ1) is 19.6. The third kappa shape index (κ3) is 4.58. The summed E-state index contributed by atoms with van der Waals surface area (Å²) in [6.07, 6.45) is 6.51. The summed E-state index contributed by atoms with van der Waals surface area (Å²) >= 11 is 0. The van der Waals surface area contributed by atoms with Crippen LogP contribution < -0.4 is 0 Å². The second kappa shape index (κ2) is 9.70. The van der Waals surface area contributed by atoms with Gasteiger partial charge in [-0.15, -0.1) is 12.4 Å². The Hall–Kier alpha value is -1.13. The van der Waals surface area contributed by atoms with Gasteiger partial charge in [0.2, 0.25) is 0 Å². The van der Waals surface area contributed by atoms with Gasteiger partial charge in [0.1, 0.15) is 0 Å². The zero-order valence-corrected chi connectivity index (χ0v) is 16.3. The summed E-state index contributed by atoms with van der Waals surface area (Å²) in [5.41, 5.74) is 1.40. The van der Waals surface area contributed by atoms with E-state index < -0.39 is 0 Å². The number of ether oxygens (including phenoxy) is 2. The van der Waals surface area contributed by atoms with E-state index in [1.807, 2.05) is 0 Å². The lowest BCUT2D eigenvalue weighted by atomic mass is 9.91. The first-order valence-corrected chi connectivity index (χ1v) is 9.82. The van der Waals surface area contributed by atoms with Gasteiger partial charge in [-0.1, -0.05) is 55.3 Å². The Morgan fingerprint density at radius 1 is 0.962 bits per heavy atom. The normalized spacial score (nSPS) is 24.3. The van der Waals surface area contributed by atoms with Crippen molar-refractivity contribution < 1.29 is 9.47 Å². The lowest BCUT2D eigenvalue weighted by molar-refractivity contribution is -0.0647. The third-order valence-corrected chi connectivity index (χ3v) is 5.77. The largest absolute Gasteiger partial charge is 0.379 e. The van der Waals surface area contributed by atoms with Gasteiger partial charge in [-0.05, 0) is 35.6 Å². The third-order valence-electron chi connectivity index (χ3n) is 5.77. The molecule has 1 saturated carbocycles. The predicted octanol–water partition coefficient (Wildman–Crippen LogP) is 4.46. The molecular weight excluding hydrogens is 346 g/mol. The molecule has 2 aromatic carbocycles. The van der Waals surface area contributed by atoms with Gasteiger partial charge in [0.15, 0.2) is 0 Å². The van der Waals surface area contributed by atoms with Gasteiger partial charge in [0.05, 0.1) is 25.9 Å². The second-order valence-corrected chi connectivity index (χ2v) is 7.30. The minimum absolute atomic E-state index is 0. The lowest BCUT2D eigenvalue weighted by Gasteiger charge is -2.41. The monoisotopic (exact) mass is 375 g/mol. The molecule has 3 nitrogen and oxygen atoms in total. The fraction of sp³-hybridized carbons (Fsp3) is 0.545. The van der Waals surface area contributed by atoms with Crippen LogP contribution in [0.2, 0.25) is 0 Å². The molecule has 2 aromatic rings. The summed E-state index contributed by atoms with van der Waals surface area (Å²) in [6, 6.07) is 15.8. The minimum atomic E-state index is 0. The Kier molecular flexibility index (Phi) is 7.32. The van der Waals surface area contributed by atoms with E-state index in [-0.39, 0.29) is 12.4 Å². The molecule has 0 N–H and O–H groups in total. The topological polar surface area (TPSA) is 21.7 Å². The van der Waals surface area contributed by atoms with Crippen molar-refractivity contribution in [3.8, 4) is 0 Å². The van der Waals surface area contributed by atoms with E-state index in [0.717, 1.165) is 39.3 Å². The summed E-state index contributed by atoms with van der Waals surface area (Å²) in [7, 11) is 0. The number of fused-ring (bicyclic) bond motifs is 1. The molecule has 4 rings (SSSR count). The molecule has 0 aromatic heterocycles. The van der Waals surface area contributed by atoms with Crippen LogP contribution in [0.5, 0.6) is 0 Å². The number of halogens is 1. The fourth-order valence-corrected chi connectivity index (χ4v) is 4.43. The summed E-state index contributed by atoms with van der Waals surface area (Å²) in [5.74, 6) is 0. The van der Waals surface area contributed by atoms with Gasteiger partial charge >= 0.3 is 0 Å². The van der Waals surface area contributed by atoms with E-state index in [0.29, 0.717) is 12.1 Å². The van der Waals surface area contributed by atoms with Crippen LogP contribution in [-0.4, -0.2) is 50.0 Å². The molecule has 0 radical (unpaired) electrons. The van der Waals surface area contributed by atoms with Crippen molar-refractivity contribution in [1.82, 2.24) is 4.90 Å². The maximum absolute atomic E-state index is 6.42. The van der Waals surface area contributed by atoms with Crippen molar-refractivity contribution in [2.24, 2.45) is 0 Å². The molecule has 4 heteroatoms. The standard InChI is InChI=1S/C22H29NO2.ClH/c1-2-9-20-18(6-1)7-5-8-19(20)12-15-25-22-11-4-3-10-21(22)23-13-16-24-17-14-23;/h1-2,5-9,21-22H,3-4,10-17H2;1H. The van der Waals surface area contributed by atoms with E-state index >= 15 is 0 Å². The summed E-state index contributed by atoms with van der Waals surface area (Å²) in [6.45, 7) is 4.69. The predicted molar refractivity (Wildman–Crippen MR) is 109 cm³/mol. The molecule has 142 valence electrons. The number of nitrogens with zero attached hydrogens (tertiary/aromatic N) is 1. The fourth-order valence-electron chi connectivity index (χ4n) is 4.43. The van der Waals surface area contributed by atoms with Crippen molar-refractivity contribution in [3.63, 3.8) is 0 Å². The Labute approximate surface area is 163 Å².